The third kappa shape index (κ3) is 4.14. The molecule has 1 atom stereocenters. The molecule has 1 aliphatic carbocycles. The van der Waals surface area contributed by atoms with Gasteiger partial charge >= 0.3 is 0 Å². The highest BCUT2D eigenvalue weighted by atomic mass is 79.9. The van der Waals surface area contributed by atoms with Crippen molar-refractivity contribution in [3.05, 3.63) is 69.9 Å². The van der Waals surface area contributed by atoms with Gasteiger partial charge in [0.2, 0.25) is 0 Å². The van der Waals surface area contributed by atoms with E-state index in [0.29, 0.717) is 12.0 Å². The van der Waals surface area contributed by atoms with Gasteiger partial charge in [-0.3, -0.25) is 0 Å². The Hall–Kier alpha value is -1.19. The minimum Gasteiger partial charge on any atom is -0.313 e. The molecule has 3 rings (SSSR count). The molecule has 21 heavy (non-hydrogen) atoms. The molecule has 2 aromatic rings. The van der Waals surface area contributed by atoms with E-state index in [1.54, 1.807) is 12.1 Å². The zero-order chi connectivity index (χ0) is 14.7. The van der Waals surface area contributed by atoms with Crippen LogP contribution in [0, 0.1) is 5.82 Å². The smallest absolute Gasteiger partial charge is 0.123 e. The van der Waals surface area contributed by atoms with E-state index in [1.165, 1.54) is 24.5 Å². The average molecular weight is 348 g/mol. The molecule has 2 aromatic carbocycles. The minimum atomic E-state index is -0.171. The Balaban J connectivity index is 1.78. The molecule has 1 nitrogen and oxygen atoms in total. The molecular weight excluding hydrogens is 329 g/mol. The second-order valence-electron chi connectivity index (χ2n) is 5.73. The molecule has 1 aliphatic rings. The van der Waals surface area contributed by atoms with Crippen molar-refractivity contribution in [2.75, 3.05) is 6.54 Å². The van der Waals surface area contributed by atoms with Crippen LogP contribution in [0.15, 0.2) is 53.0 Å². The predicted molar refractivity (Wildman–Crippen MR) is 88.0 cm³/mol. The topological polar surface area (TPSA) is 12.0 Å². The van der Waals surface area contributed by atoms with Gasteiger partial charge in [0.15, 0.2) is 0 Å². The van der Waals surface area contributed by atoms with E-state index in [1.807, 2.05) is 6.07 Å². The van der Waals surface area contributed by atoms with Gasteiger partial charge in [0.1, 0.15) is 5.82 Å². The Labute approximate surface area is 133 Å². The van der Waals surface area contributed by atoms with Crippen LogP contribution in [0.3, 0.4) is 0 Å². The van der Waals surface area contributed by atoms with Gasteiger partial charge < -0.3 is 5.32 Å². The number of rotatable bonds is 6. The van der Waals surface area contributed by atoms with Crippen molar-refractivity contribution >= 4 is 15.9 Å². The predicted octanol–water partition coefficient (Wildman–Crippen LogP) is 4.67. The molecule has 0 aliphatic heterocycles. The zero-order valence-electron chi connectivity index (χ0n) is 11.9. The van der Waals surface area contributed by atoms with E-state index in [2.05, 4.69) is 45.5 Å². The second kappa shape index (κ2) is 6.71. The molecule has 1 saturated carbocycles. The van der Waals surface area contributed by atoms with E-state index < -0.39 is 0 Å². The van der Waals surface area contributed by atoms with Crippen molar-refractivity contribution in [2.24, 2.45) is 0 Å². The van der Waals surface area contributed by atoms with E-state index in [9.17, 15) is 4.39 Å². The SMILES string of the molecule is Fc1ccc(Br)c(CC(CNC2CC2)c2ccccc2)c1. The van der Waals surface area contributed by atoms with Crippen LogP contribution in [0.1, 0.15) is 29.9 Å². The molecule has 1 fully saturated rings. The summed E-state index contributed by atoms with van der Waals surface area (Å²) in [4.78, 5) is 0. The van der Waals surface area contributed by atoms with E-state index in [-0.39, 0.29) is 5.82 Å². The van der Waals surface area contributed by atoms with Crippen molar-refractivity contribution in [1.29, 1.82) is 0 Å². The van der Waals surface area contributed by atoms with Gasteiger partial charge in [-0.2, -0.15) is 0 Å². The average Bonchev–Trinajstić information content (AvgIpc) is 3.32. The largest absolute Gasteiger partial charge is 0.313 e. The van der Waals surface area contributed by atoms with Crippen LogP contribution < -0.4 is 5.32 Å². The van der Waals surface area contributed by atoms with Crippen LogP contribution in [0.5, 0.6) is 0 Å². The Bertz CT molecular complexity index is 595. The zero-order valence-corrected chi connectivity index (χ0v) is 13.4. The van der Waals surface area contributed by atoms with Gasteiger partial charge in [-0.15, -0.1) is 0 Å². The van der Waals surface area contributed by atoms with Crippen LogP contribution in [0.2, 0.25) is 0 Å². The number of hydrogen-bond acceptors (Lipinski definition) is 1. The van der Waals surface area contributed by atoms with Crippen LogP contribution >= 0.6 is 15.9 Å². The first kappa shape index (κ1) is 14.7. The van der Waals surface area contributed by atoms with Crippen LogP contribution in [0.25, 0.3) is 0 Å². The van der Waals surface area contributed by atoms with Crippen molar-refractivity contribution in [1.82, 2.24) is 5.32 Å². The molecule has 0 amide bonds. The Morgan fingerprint density at radius 3 is 2.62 bits per heavy atom. The van der Waals surface area contributed by atoms with Crippen molar-refractivity contribution in [3.63, 3.8) is 0 Å². The lowest BCUT2D eigenvalue weighted by atomic mass is 9.92. The lowest BCUT2D eigenvalue weighted by Crippen LogP contribution is -2.25. The first-order valence-corrected chi connectivity index (χ1v) is 8.24. The van der Waals surface area contributed by atoms with Gasteiger partial charge in [0, 0.05) is 23.0 Å². The van der Waals surface area contributed by atoms with Gasteiger partial charge in [-0.1, -0.05) is 46.3 Å². The Morgan fingerprint density at radius 2 is 1.90 bits per heavy atom. The van der Waals surface area contributed by atoms with Gasteiger partial charge in [-0.05, 0) is 48.6 Å². The maximum absolute atomic E-state index is 13.5. The number of halogens is 2. The van der Waals surface area contributed by atoms with E-state index in [0.717, 1.165) is 23.0 Å². The summed E-state index contributed by atoms with van der Waals surface area (Å²) in [5, 5.41) is 3.60. The molecular formula is C18H19BrFN. The van der Waals surface area contributed by atoms with Crippen molar-refractivity contribution < 1.29 is 4.39 Å². The normalized spacial score (nSPS) is 15.9. The fourth-order valence-corrected chi connectivity index (χ4v) is 3.00. The van der Waals surface area contributed by atoms with Crippen molar-refractivity contribution in [3.8, 4) is 0 Å². The molecule has 0 spiro atoms. The maximum atomic E-state index is 13.5. The minimum absolute atomic E-state index is 0.171. The first-order chi connectivity index (χ1) is 10.2. The summed E-state index contributed by atoms with van der Waals surface area (Å²) >= 11 is 3.54. The lowest BCUT2D eigenvalue weighted by molar-refractivity contribution is 0.572. The molecule has 110 valence electrons. The molecule has 0 aromatic heterocycles. The van der Waals surface area contributed by atoms with Crippen molar-refractivity contribution in [2.45, 2.75) is 31.2 Å². The molecule has 0 radical (unpaired) electrons. The van der Waals surface area contributed by atoms with Crippen LogP contribution in [-0.4, -0.2) is 12.6 Å². The quantitative estimate of drug-likeness (QED) is 0.800. The summed E-state index contributed by atoms with van der Waals surface area (Å²) in [6.45, 7) is 0.942. The van der Waals surface area contributed by atoms with E-state index >= 15 is 0 Å². The summed E-state index contributed by atoms with van der Waals surface area (Å²) in [5.41, 5.74) is 2.34. The standard InChI is InChI=1S/C18H19BrFN/c19-18-9-6-16(20)11-14(18)10-15(12-21-17-7-8-17)13-4-2-1-3-5-13/h1-6,9,11,15,17,21H,7-8,10,12H2. The summed E-state index contributed by atoms with van der Waals surface area (Å²) in [7, 11) is 0. The fraction of sp³-hybridized carbons (Fsp3) is 0.333. The first-order valence-electron chi connectivity index (χ1n) is 7.44. The highest BCUT2D eigenvalue weighted by Gasteiger charge is 2.23. The molecule has 1 N–H and O–H groups in total. The monoisotopic (exact) mass is 347 g/mol. The number of benzene rings is 2. The van der Waals surface area contributed by atoms with Gasteiger partial charge in [0.25, 0.3) is 0 Å². The fourth-order valence-electron chi connectivity index (χ4n) is 2.59. The van der Waals surface area contributed by atoms with Gasteiger partial charge in [0.05, 0.1) is 0 Å². The third-order valence-electron chi connectivity index (χ3n) is 3.98. The van der Waals surface area contributed by atoms with Gasteiger partial charge in [-0.25, -0.2) is 4.39 Å². The molecule has 3 heteroatoms. The maximum Gasteiger partial charge on any atom is 0.123 e. The summed E-state index contributed by atoms with van der Waals surface area (Å²) < 4.78 is 14.5. The Kier molecular flexibility index (Phi) is 4.71. The molecule has 0 saturated heterocycles. The van der Waals surface area contributed by atoms with E-state index in [4.69, 9.17) is 0 Å². The summed E-state index contributed by atoms with van der Waals surface area (Å²) in [6.07, 6.45) is 3.40. The highest BCUT2D eigenvalue weighted by Crippen LogP contribution is 2.27. The number of nitrogens with one attached hydrogen (secondary N) is 1. The van der Waals surface area contributed by atoms with Crippen LogP contribution in [-0.2, 0) is 6.42 Å². The third-order valence-corrected chi connectivity index (χ3v) is 4.75. The molecule has 0 heterocycles. The highest BCUT2D eigenvalue weighted by molar-refractivity contribution is 9.10. The second-order valence-corrected chi connectivity index (χ2v) is 6.58. The number of hydrogen-bond donors (Lipinski definition) is 1. The Morgan fingerprint density at radius 1 is 1.14 bits per heavy atom. The lowest BCUT2D eigenvalue weighted by Gasteiger charge is -2.19. The van der Waals surface area contributed by atoms with Crippen LogP contribution in [0.4, 0.5) is 4.39 Å². The molecule has 1 unspecified atom stereocenters. The summed E-state index contributed by atoms with van der Waals surface area (Å²) in [6, 6.07) is 16.1. The summed E-state index contributed by atoms with van der Waals surface area (Å²) in [5.74, 6) is 0.195. The molecule has 0 bridgehead atoms.